The van der Waals surface area contributed by atoms with Gasteiger partial charge in [-0.1, -0.05) is 11.3 Å². The Kier molecular flexibility index (Phi) is 1.73. The number of hydrogen-bond acceptors (Lipinski definition) is 4. The lowest BCUT2D eigenvalue weighted by Gasteiger charge is -1.98. The van der Waals surface area contributed by atoms with E-state index in [0.717, 1.165) is 12.8 Å². The van der Waals surface area contributed by atoms with E-state index in [0.29, 0.717) is 11.7 Å². The fourth-order valence-electron chi connectivity index (χ4n) is 1.00. The first-order chi connectivity index (χ1) is 5.77. The van der Waals surface area contributed by atoms with E-state index < -0.39 is 0 Å². The van der Waals surface area contributed by atoms with Crippen LogP contribution in [0, 0.1) is 10.1 Å². The molecule has 1 fully saturated rings. The molecular formula is C7H8N2O2S. The molecule has 1 saturated carbocycles. The van der Waals surface area contributed by atoms with Gasteiger partial charge in [-0.25, -0.2) is 0 Å². The molecule has 2 rings (SSSR count). The molecule has 0 unspecified atom stereocenters. The van der Waals surface area contributed by atoms with Gasteiger partial charge in [0.1, 0.15) is 5.69 Å². The SMILES string of the molecule is O=[N+]([O-])c1sccc1NC1CC1. The summed E-state index contributed by atoms with van der Waals surface area (Å²) in [6.45, 7) is 0. The van der Waals surface area contributed by atoms with Crippen LogP contribution >= 0.6 is 11.3 Å². The highest BCUT2D eigenvalue weighted by Crippen LogP contribution is 2.34. The Balaban J connectivity index is 2.17. The molecule has 1 aliphatic carbocycles. The molecule has 0 spiro atoms. The molecular weight excluding hydrogens is 176 g/mol. The molecule has 12 heavy (non-hydrogen) atoms. The van der Waals surface area contributed by atoms with Crippen molar-refractivity contribution in [3.8, 4) is 0 Å². The van der Waals surface area contributed by atoms with Crippen LogP contribution in [-0.4, -0.2) is 11.0 Å². The molecule has 0 aromatic carbocycles. The summed E-state index contributed by atoms with van der Waals surface area (Å²) >= 11 is 1.17. The highest BCUT2D eigenvalue weighted by molar-refractivity contribution is 7.14. The van der Waals surface area contributed by atoms with Crippen LogP contribution in [0.3, 0.4) is 0 Å². The number of thiophene rings is 1. The van der Waals surface area contributed by atoms with Crippen LogP contribution in [-0.2, 0) is 0 Å². The van der Waals surface area contributed by atoms with Gasteiger partial charge in [0.25, 0.3) is 0 Å². The van der Waals surface area contributed by atoms with Crippen molar-refractivity contribution in [2.45, 2.75) is 18.9 Å². The van der Waals surface area contributed by atoms with Crippen LogP contribution in [0.4, 0.5) is 10.7 Å². The summed E-state index contributed by atoms with van der Waals surface area (Å²) in [5.41, 5.74) is 0.674. The van der Waals surface area contributed by atoms with Crippen molar-refractivity contribution in [2.75, 3.05) is 5.32 Å². The van der Waals surface area contributed by atoms with E-state index in [9.17, 15) is 10.1 Å². The van der Waals surface area contributed by atoms with Crippen LogP contribution < -0.4 is 5.32 Å². The average molecular weight is 184 g/mol. The Hall–Kier alpha value is -1.10. The average Bonchev–Trinajstić information content (AvgIpc) is 2.66. The monoisotopic (exact) mass is 184 g/mol. The van der Waals surface area contributed by atoms with Crippen molar-refractivity contribution in [3.05, 3.63) is 21.6 Å². The van der Waals surface area contributed by atoms with Crippen LogP contribution in [0.5, 0.6) is 0 Å². The number of nitrogens with zero attached hydrogens (tertiary/aromatic N) is 1. The molecule has 1 heterocycles. The van der Waals surface area contributed by atoms with E-state index in [1.54, 1.807) is 11.4 Å². The maximum Gasteiger partial charge on any atom is 0.347 e. The summed E-state index contributed by atoms with van der Waals surface area (Å²) in [5.74, 6) is 0. The van der Waals surface area contributed by atoms with Gasteiger partial charge in [0.05, 0.1) is 4.92 Å². The number of rotatable bonds is 3. The third-order valence-electron chi connectivity index (χ3n) is 1.75. The minimum atomic E-state index is -0.338. The molecule has 0 saturated heterocycles. The van der Waals surface area contributed by atoms with Crippen molar-refractivity contribution in [1.82, 2.24) is 0 Å². The maximum atomic E-state index is 10.5. The Labute approximate surface area is 73.4 Å². The van der Waals surface area contributed by atoms with E-state index in [1.165, 1.54) is 11.3 Å². The standard InChI is InChI=1S/C7H8N2O2S/c10-9(11)7-6(3-4-12-7)8-5-1-2-5/h3-5,8H,1-2H2. The van der Waals surface area contributed by atoms with Crippen molar-refractivity contribution in [2.24, 2.45) is 0 Å². The largest absolute Gasteiger partial charge is 0.376 e. The van der Waals surface area contributed by atoms with Gasteiger partial charge in [0.15, 0.2) is 0 Å². The van der Waals surface area contributed by atoms with E-state index >= 15 is 0 Å². The Morgan fingerprint density at radius 1 is 1.67 bits per heavy atom. The third-order valence-corrected chi connectivity index (χ3v) is 2.61. The third kappa shape index (κ3) is 1.40. The van der Waals surface area contributed by atoms with Gasteiger partial charge in [-0.3, -0.25) is 10.1 Å². The number of anilines is 1. The van der Waals surface area contributed by atoms with Gasteiger partial charge in [-0.2, -0.15) is 0 Å². The summed E-state index contributed by atoms with van der Waals surface area (Å²) in [4.78, 5) is 10.1. The van der Waals surface area contributed by atoms with Gasteiger partial charge in [-0.05, 0) is 24.3 Å². The quantitative estimate of drug-likeness (QED) is 0.579. The van der Waals surface area contributed by atoms with E-state index in [-0.39, 0.29) is 9.92 Å². The zero-order valence-electron chi connectivity index (χ0n) is 6.32. The van der Waals surface area contributed by atoms with Crippen LogP contribution in [0.1, 0.15) is 12.8 Å². The smallest absolute Gasteiger partial charge is 0.347 e. The van der Waals surface area contributed by atoms with Crippen LogP contribution in [0.15, 0.2) is 11.4 Å². The maximum absolute atomic E-state index is 10.5. The molecule has 0 bridgehead atoms. The summed E-state index contributed by atoms with van der Waals surface area (Å²) in [7, 11) is 0. The second kappa shape index (κ2) is 2.75. The van der Waals surface area contributed by atoms with Gasteiger partial charge in [0.2, 0.25) is 0 Å². The zero-order chi connectivity index (χ0) is 8.55. The zero-order valence-corrected chi connectivity index (χ0v) is 7.13. The van der Waals surface area contributed by atoms with Crippen LogP contribution in [0.2, 0.25) is 0 Å². The molecule has 64 valence electrons. The van der Waals surface area contributed by atoms with Gasteiger partial charge >= 0.3 is 5.00 Å². The highest BCUT2D eigenvalue weighted by Gasteiger charge is 2.25. The van der Waals surface area contributed by atoms with Gasteiger partial charge in [0, 0.05) is 6.04 Å². The predicted octanol–water partition coefficient (Wildman–Crippen LogP) is 2.23. The summed E-state index contributed by atoms with van der Waals surface area (Å²) in [5, 5.41) is 15.5. The summed E-state index contributed by atoms with van der Waals surface area (Å²) in [6.07, 6.45) is 2.26. The Morgan fingerprint density at radius 2 is 2.42 bits per heavy atom. The normalized spacial score (nSPS) is 16.0. The molecule has 5 heteroatoms. The molecule has 4 nitrogen and oxygen atoms in total. The lowest BCUT2D eigenvalue weighted by Crippen LogP contribution is -2.01. The Bertz CT molecular complexity index is 306. The second-order valence-electron chi connectivity index (χ2n) is 2.82. The fraction of sp³-hybridized carbons (Fsp3) is 0.429. The number of hydrogen-bond donors (Lipinski definition) is 1. The molecule has 1 aromatic heterocycles. The van der Waals surface area contributed by atoms with Gasteiger partial charge in [-0.15, -0.1) is 0 Å². The molecule has 0 amide bonds. The summed E-state index contributed by atoms with van der Waals surface area (Å²) < 4.78 is 0. The van der Waals surface area contributed by atoms with E-state index in [4.69, 9.17) is 0 Å². The predicted molar refractivity (Wildman–Crippen MR) is 47.6 cm³/mol. The van der Waals surface area contributed by atoms with E-state index in [2.05, 4.69) is 5.32 Å². The fourth-order valence-corrected chi connectivity index (χ4v) is 1.67. The molecule has 1 N–H and O–H groups in total. The van der Waals surface area contributed by atoms with E-state index in [1.807, 2.05) is 0 Å². The van der Waals surface area contributed by atoms with Crippen molar-refractivity contribution >= 4 is 22.0 Å². The first-order valence-corrected chi connectivity index (χ1v) is 4.64. The lowest BCUT2D eigenvalue weighted by molar-refractivity contribution is -0.379. The number of nitro groups is 1. The minimum Gasteiger partial charge on any atom is -0.376 e. The highest BCUT2D eigenvalue weighted by atomic mass is 32.1. The first kappa shape index (κ1) is 7.54. The molecule has 0 atom stereocenters. The molecule has 0 aliphatic heterocycles. The van der Waals surface area contributed by atoms with Crippen molar-refractivity contribution < 1.29 is 4.92 Å². The topological polar surface area (TPSA) is 55.2 Å². The summed E-state index contributed by atoms with van der Waals surface area (Å²) in [6, 6.07) is 2.24. The first-order valence-electron chi connectivity index (χ1n) is 3.76. The lowest BCUT2D eigenvalue weighted by atomic mass is 10.5. The van der Waals surface area contributed by atoms with Crippen molar-refractivity contribution in [3.63, 3.8) is 0 Å². The molecule has 0 radical (unpaired) electrons. The van der Waals surface area contributed by atoms with Gasteiger partial charge < -0.3 is 5.32 Å². The Morgan fingerprint density at radius 3 is 3.00 bits per heavy atom. The molecule has 1 aliphatic rings. The van der Waals surface area contributed by atoms with Crippen molar-refractivity contribution in [1.29, 1.82) is 0 Å². The van der Waals surface area contributed by atoms with Crippen LogP contribution in [0.25, 0.3) is 0 Å². The molecule has 1 aromatic rings. The second-order valence-corrected chi connectivity index (χ2v) is 3.71. The number of nitrogens with one attached hydrogen (secondary N) is 1. The minimum absolute atomic E-state index is 0.224.